The maximum atomic E-state index is 5.54. The van der Waals surface area contributed by atoms with Crippen LogP contribution in [0.2, 0.25) is 0 Å². The molecule has 2 heterocycles. The van der Waals surface area contributed by atoms with Crippen molar-refractivity contribution in [3.63, 3.8) is 0 Å². The van der Waals surface area contributed by atoms with Crippen LogP contribution in [-0.2, 0) is 6.42 Å². The number of benzene rings is 1. The number of fused-ring (bicyclic) bond motifs is 1. The van der Waals surface area contributed by atoms with Gasteiger partial charge in [0, 0.05) is 17.1 Å². The lowest BCUT2D eigenvalue weighted by molar-refractivity contribution is 0.572. The Morgan fingerprint density at radius 1 is 1.26 bits per heavy atom. The van der Waals surface area contributed by atoms with Crippen LogP contribution in [0.3, 0.4) is 0 Å². The Morgan fingerprint density at radius 2 is 2.11 bits per heavy atom. The molecule has 0 aliphatic carbocycles. The third kappa shape index (κ3) is 2.64. The number of oxazole rings is 1. The number of aromatic amines is 1. The van der Waals surface area contributed by atoms with Crippen LogP contribution < -0.4 is 5.73 Å². The van der Waals surface area contributed by atoms with Gasteiger partial charge in [0.25, 0.3) is 0 Å². The zero-order valence-corrected chi connectivity index (χ0v) is 11.2. The fourth-order valence-corrected chi connectivity index (χ4v) is 2.08. The Hall–Kier alpha value is -1.78. The van der Waals surface area contributed by atoms with Crippen LogP contribution in [0, 0.1) is 0 Å². The molecule has 2 aromatic heterocycles. The second-order valence-electron chi connectivity index (χ2n) is 4.28. The zero-order chi connectivity index (χ0) is 12.4. The summed E-state index contributed by atoms with van der Waals surface area (Å²) < 4.78 is 5.54. The number of aromatic nitrogens is 2. The molecule has 0 amide bonds. The molecule has 3 N–H and O–H groups in total. The van der Waals surface area contributed by atoms with E-state index in [0.717, 1.165) is 35.0 Å². The van der Waals surface area contributed by atoms with E-state index in [0.29, 0.717) is 12.4 Å². The van der Waals surface area contributed by atoms with Crippen molar-refractivity contribution in [1.82, 2.24) is 9.97 Å². The SMILES string of the molecule is Cl.NCCCc1coc(-c2c[nH]c3ccccc23)n1. The smallest absolute Gasteiger partial charge is 0.228 e. The fourth-order valence-electron chi connectivity index (χ4n) is 2.08. The van der Waals surface area contributed by atoms with Crippen LogP contribution >= 0.6 is 12.4 Å². The number of H-pyrrole nitrogens is 1. The topological polar surface area (TPSA) is 67.8 Å². The summed E-state index contributed by atoms with van der Waals surface area (Å²) in [7, 11) is 0. The number of rotatable bonds is 4. The largest absolute Gasteiger partial charge is 0.444 e. The molecule has 0 spiro atoms. The minimum Gasteiger partial charge on any atom is -0.444 e. The van der Waals surface area contributed by atoms with E-state index in [1.807, 2.05) is 24.4 Å². The number of aryl methyl sites for hydroxylation is 1. The molecule has 0 saturated carbocycles. The number of halogens is 1. The minimum atomic E-state index is 0. The quantitative estimate of drug-likeness (QED) is 0.770. The lowest BCUT2D eigenvalue weighted by Gasteiger charge is -1.92. The summed E-state index contributed by atoms with van der Waals surface area (Å²) >= 11 is 0. The van der Waals surface area contributed by atoms with Crippen LogP contribution in [0.4, 0.5) is 0 Å². The van der Waals surface area contributed by atoms with Crippen LogP contribution in [0.1, 0.15) is 12.1 Å². The Balaban J connectivity index is 0.00000133. The van der Waals surface area contributed by atoms with E-state index >= 15 is 0 Å². The molecule has 4 nitrogen and oxygen atoms in total. The van der Waals surface area contributed by atoms with Gasteiger partial charge in [0.05, 0.1) is 11.3 Å². The first kappa shape index (κ1) is 13.6. The van der Waals surface area contributed by atoms with Crippen LogP contribution in [-0.4, -0.2) is 16.5 Å². The summed E-state index contributed by atoms with van der Waals surface area (Å²) in [6.45, 7) is 0.676. The van der Waals surface area contributed by atoms with E-state index in [1.165, 1.54) is 0 Å². The fraction of sp³-hybridized carbons (Fsp3) is 0.214. The highest BCUT2D eigenvalue weighted by Gasteiger charge is 2.11. The minimum absolute atomic E-state index is 0. The summed E-state index contributed by atoms with van der Waals surface area (Å²) in [4.78, 5) is 7.72. The summed E-state index contributed by atoms with van der Waals surface area (Å²) in [5.41, 5.74) is 8.54. The third-order valence-electron chi connectivity index (χ3n) is 3.01. The molecule has 1 aromatic carbocycles. The number of para-hydroxylation sites is 1. The van der Waals surface area contributed by atoms with Gasteiger partial charge in [-0.3, -0.25) is 0 Å². The number of hydrogen-bond acceptors (Lipinski definition) is 3. The zero-order valence-electron chi connectivity index (χ0n) is 10.4. The highest BCUT2D eigenvalue weighted by Crippen LogP contribution is 2.27. The molecule has 0 bridgehead atoms. The maximum absolute atomic E-state index is 5.54. The van der Waals surface area contributed by atoms with Crippen molar-refractivity contribution in [2.45, 2.75) is 12.8 Å². The standard InChI is InChI=1S/C14H15N3O.ClH/c15-7-3-4-10-9-18-14(17-10)12-8-16-13-6-2-1-5-11(12)13;/h1-2,5-6,8-9,16H,3-4,7,15H2;1H. The Morgan fingerprint density at radius 3 is 2.95 bits per heavy atom. The lowest BCUT2D eigenvalue weighted by atomic mass is 10.2. The molecule has 3 aromatic rings. The molecule has 100 valence electrons. The van der Waals surface area contributed by atoms with Crippen molar-refractivity contribution >= 4 is 23.3 Å². The highest BCUT2D eigenvalue weighted by atomic mass is 35.5. The monoisotopic (exact) mass is 277 g/mol. The molecule has 0 aliphatic heterocycles. The molecule has 0 unspecified atom stereocenters. The molecule has 0 saturated heterocycles. The summed E-state index contributed by atoms with van der Waals surface area (Å²) in [6, 6.07) is 8.12. The number of nitrogens with two attached hydrogens (primary N) is 1. The predicted molar refractivity (Wildman–Crippen MR) is 78.4 cm³/mol. The van der Waals surface area contributed by atoms with E-state index < -0.39 is 0 Å². The van der Waals surface area contributed by atoms with E-state index in [-0.39, 0.29) is 12.4 Å². The molecular weight excluding hydrogens is 262 g/mol. The molecule has 3 rings (SSSR count). The van der Waals surface area contributed by atoms with E-state index in [1.54, 1.807) is 6.26 Å². The highest BCUT2D eigenvalue weighted by molar-refractivity contribution is 5.93. The van der Waals surface area contributed by atoms with E-state index in [2.05, 4.69) is 16.0 Å². The van der Waals surface area contributed by atoms with Gasteiger partial charge in [-0.25, -0.2) is 4.98 Å². The van der Waals surface area contributed by atoms with E-state index in [9.17, 15) is 0 Å². The maximum Gasteiger partial charge on any atom is 0.228 e. The van der Waals surface area contributed by atoms with Crippen molar-refractivity contribution in [1.29, 1.82) is 0 Å². The lowest BCUT2D eigenvalue weighted by Crippen LogP contribution is -2.00. The summed E-state index contributed by atoms with van der Waals surface area (Å²) in [6.07, 6.45) is 5.44. The van der Waals surface area contributed by atoms with Crippen molar-refractivity contribution in [3.8, 4) is 11.5 Å². The summed E-state index contributed by atoms with van der Waals surface area (Å²) in [5, 5.41) is 1.13. The van der Waals surface area contributed by atoms with Gasteiger partial charge in [0.2, 0.25) is 5.89 Å². The second-order valence-corrected chi connectivity index (χ2v) is 4.28. The van der Waals surface area contributed by atoms with Crippen LogP contribution in [0.25, 0.3) is 22.4 Å². The third-order valence-corrected chi connectivity index (χ3v) is 3.01. The van der Waals surface area contributed by atoms with Gasteiger partial charge in [-0.15, -0.1) is 12.4 Å². The Kier molecular flexibility index (Phi) is 4.24. The molecule has 0 atom stereocenters. The van der Waals surface area contributed by atoms with Gasteiger partial charge in [0.1, 0.15) is 6.26 Å². The van der Waals surface area contributed by atoms with Gasteiger partial charge >= 0.3 is 0 Å². The van der Waals surface area contributed by atoms with Crippen LogP contribution in [0.5, 0.6) is 0 Å². The number of nitrogens with one attached hydrogen (secondary N) is 1. The van der Waals surface area contributed by atoms with Crippen LogP contribution in [0.15, 0.2) is 41.1 Å². The first-order valence-corrected chi connectivity index (χ1v) is 6.09. The number of hydrogen-bond donors (Lipinski definition) is 2. The molecule has 0 aliphatic rings. The van der Waals surface area contributed by atoms with E-state index in [4.69, 9.17) is 10.2 Å². The molecular formula is C14H16ClN3O. The van der Waals surface area contributed by atoms with Crippen molar-refractivity contribution in [3.05, 3.63) is 42.4 Å². The first-order chi connectivity index (χ1) is 8.88. The molecule has 0 radical (unpaired) electrons. The van der Waals surface area contributed by atoms with Crippen molar-refractivity contribution < 1.29 is 4.42 Å². The van der Waals surface area contributed by atoms with Gasteiger partial charge in [-0.2, -0.15) is 0 Å². The van der Waals surface area contributed by atoms with Crippen molar-refractivity contribution in [2.75, 3.05) is 6.54 Å². The van der Waals surface area contributed by atoms with Gasteiger partial charge in [-0.1, -0.05) is 18.2 Å². The first-order valence-electron chi connectivity index (χ1n) is 6.09. The summed E-state index contributed by atoms with van der Waals surface area (Å²) in [5.74, 6) is 0.666. The molecule has 0 fully saturated rings. The predicted octanol–water partition coefficient (Wildman–Crippen LogP) is 3.14. The average molecular weight is 278 g/mol. The molecule has 5 heteroatoms. The second kappa shape index (κ2) is 5.91. The normalized spacial score (nSPS) is 10.6. The Bertz CT molecular complexity index is 659. The Labute approximate surface area is 117 Å². The van der Waals surface area contributed by atoms with Gasteiger partial charge in [0.15, 0.2) is 0 Å². The number of nitrogens with zero attached hydrogens (tertiary/aromatic N) is 1. The van der Waals surface area contributed by atoms with Gasteiger partial charge < -0.3 is 15.1 Å². The average Bonchev–Trinajstić information content (AvgIpc) is 3.02. The van der Waals surface area contributed by atoms with Crippen molar-refractivity contribution in [2.24, 2.45) is 5.73 Å². The van der Waals surface area contributed by atoms with Gasteiger partial charge in [-0.05, 0) is 25.5 Å². The molecule has 19 heavy (non-hydrogen) atoms.